The predicted octanol–water partition coefficient (Wildman–Crippen LogP) is 2.30. The van der Waals surface area contributed by atoms with Crippen molar-refractivity contribution in [3.63, 3.8) is 0 Å². The molecule has 0 saturated carbocycles. The normalized spacial score (nSPS) is 14.0. The maximum absolute atomic E-state index is 12.8. The molecule has 0 unspecified atom stereocenters. The second-order valence-electron chi connectivity index (χ2n) is 6.85. The maximum Gasteiger partial charge on any atom is 0.272 e. The molecule has 138 valence electrons. The van der Waals surface area contributed by atoms with Gasteiger partial charge in [0.25, 0.3) is 5.91 Å². The molecule has 3 heterocycles. The molecule has 0 atom stereocenters. The number of rotatable bonds is 5. The van der Waals surface area contributed by atoms with Crippen LogP contribution in [0.4, 0.5) is 0 Å². The Bertz CT molecular complexity index is 921. The summed E-state index contributed by atoms with van der Waals surface area (Å²) in [6.07, 6.45) is 2.70. The summed E-state index contributed by atoms with van der Waals surface area (Å²) in [5, 5.41) is 7.51. The van der Waals surface area contributed by atoms with Gasteiger partial charge in [0.05, 0.1) is 5.69 Å². The zero-order chi connectivity index (χ0) is 18.6. The Balaban J connectivity index is 1.48. The van der Waals surface area contributed by atoms with Gasteiger partial charge in [0, 0.05) is 57.1 Å². The first-order chi connectivity index (χ1) is 13.2. The molecule has 0 fully saturated rings. The van der Waals surface area contributed by atoms with Gasteiger partial charge in [-0.25, -0.2) is 0 Å². The number of hydrogen-bond acceptors (Lipinski definition) is 4. The van der Waals surface area contributed by atoms with Crippen LogP contribution < -0.4 is 5.32 Å². The lowest BCUT2D eigenvalue weighted by atomic mass is 10.0. The number of hydrogen-bond donors (Lipinski definition) is 1. The third-order valence-electron chi connectivity index (χ3n) is 4.94. The van der Waals surface area contributed by atoms with Crippen molar-refractivity contribution in [2.24, 2.45) is 7.05 Å². The second-order valence-corrected chi connectivity index (χ2v) is 6.85. The molecule has 0 saturated heterocycles. The minimum atomic E-state index is -0.115. The van der Waals surface area contributed by atoms with Crippen LogP contribution in [0.1, 0.15) is 33.0 Å². The molecule has 0 spiro atoms. The van der Waals surface area contributed by atoms with E-state index in [4.69, 9.17) is 0 Å². The van der Waals surface area contributed by atoms with Crippen LogP contribution in [-0.4, -0.2) is 32.1 Å². The molecule has 2 aromatic heterocycles. The third kappa shape index (κ3) is 3.90. The van der Waals surface area contributed by atoms with Crippen molar-refractivity contribution in [2.75, 3.05) is 6.54 Å². The molecule has 4 rings (SSSR count). The Hall–Kier alpha value is -2.99. The smallest absolute Gasteiger partial charge is 0.272 e. The summed E-state index contributed by atoms with van der Waals surface area (Å²) in [6.45, 7) is 2.94. The van der Waals surface area contributed by atoms with E-state index in [1.54, 1.807) is 0 Å². The van der Waals surface area contributed by atoms with Gasteiger partial charge < -0.3 is 5.32 Å². The largest absolute Gasteiger partial charge is 0.347 e. The van der Waals surface area contributed by atoms with Crippen molar-refractivity contribution in [1.82, 2.24) is 25.0 Å². The number of aromatic nitrogens is 3. The molecule has 1 aliphatic heterocycles. The zero-order valence-electron chi connectivity index (χ0n) is 15.4. The Morgan fingerprint density at radius 2 is 1.96 bits per heavy atom. The highest BCUT2D eigenvalue weighted by Gasteiger charge is 2.27. The van der Waals surface area contributed by atoms with Gasteiger partial charge in [-0.3, -0.25) is 19.4 Å². The number of pyridine rings is 1. The summed E-state index contributed by atoms with van der Waals surface area (Å²) in [5.74, 6) is -0.115. The fourth-order valence-corrected chi connectivity index (χ4v) is 3.55. The first-order valence-corrected chi connectivity index (χ1v) is 9.20. The lowest BCUT2D eigenvalue weighted by Gasteiger charge is -2.27. The molecular weight excluding hydrogens is 338 g/mol. The van der Waals surface area contributed by atoms with E-state index < -0.39 is 0 Å². The van der Waals surface area contributed by atoms with Crippen LogP contribution in [-0.2, 0) is 33.1 Å². The summed E-state index contributed by atoms with van der Waals surface area (Å²) in [5.41, 5.74) is 4.84. The number of fused-ring (bicyclic) bond motifs is 1. The van der Waals surface area contributed by atoms with Gasteiger partial charge in [-0.15, -0.1) is 0 Å². The summed E-state index contributed by atoms with van der Waals surface area (Å²) in [7, 11) is 1.92. The molecule has 1 amide bonds. The van der Waals surface area contributed by atoms with Crippen molar-refractivity contribution in [3.05, 3.63) is 82.9 Å². The van der Waals surface area contributed by atoms with E-state index in [2.05, 4.69) is 20.3 Å². The van der Waals surface area contributed by atoms with E-state index in [9.17, 15) is 4.79 Å². The van der Waals surface area contributed by atoms with Crippen LogP contribution in [0.25, 0.3) is 0 Å². The summed E-state index contributed by atoms with van der Waals surface area (Å²) in [6, 6.07) is 15.9. The average Bonchev–Trinajstić information content (AvgIpc) is 3.04. The lowest BCUT2D eigenvalue weighted by Crippen LogP contribution is -2.32. The van der Waals surface area contributed by atoms with E-state index in [1.807, 2.05) is 66.5 Å². The minimum absolute atomic E-state index is 0.115. The molecule has 6 heteroatoms. The van der Waals surface area contributed by atoms with Gasteiger partial charge in [-0.1, -0.05) is 36.4 Å². The van der Waals surface area contributed by atoms with Crippen molar-refractivity contribution < 1.29 is 4.79 Å². The first kappa shape index (κ1) is 17.4. The highest BCUT2D eigenvalue weighted by molar-refractivity contribution is 5.94. The molecule has 3 aromatic rings. The van der Waals surface area contributed by atoms with Crippen LogP contribution in [0, 0.1) is 0 Å². The number of nitrogens with zero attached hydrogens (tertiary/aromatic N) is 4. The first-order valence-electron chi connectivity index (χ1n) is 9.20. The predicted molar refractivity (Wildman–Crippen MR) is 103 cm³/mol. The van der Waals surface area contributed by atoms with E-state index >= 15 is 0 Å². The van der Waals surface area contributed by atoms with Gasteiger partial charge in [-0.05, 0) is 17.7 Å². The molecule has 1 aromatic carbocycles. The van der Waals surface area contributed by atoms with Crippen molar-refractivity contribution in [2.45, 2.75) is 26.1 Å². The fraction of sp³-hybridized carbons (Fsp3) is 0.286. The standard InChI is InChI=1S/C21H23N5O/c1-25-19-10-12-26(14-17-9-5-6-11-22-17)15-18(19)20(24-25)21(27)23-13-16-7-3-2-4-8-16/h2-9,11H,10,12-15H2,1H3,(H,23,27). The van der Waals surface area contributed by atoms with E-state index in [-0.39, 0.29) is 5.91 Å². The summed E-state index contributed by atoms with van der Waals surface area (Å²) < 4.78 is 1.85. The van der Waals surface area contributed by atoms with Crippen molar-refractivity contribution in [1.29, 1.82) is 0 Å². The molecule has 27 heavy (non-hydrogen) atoms. The van der Waals surface area contributed by atoms with Gasteiger partial charge in [0.2, 0.25) is 0 Å². The highest BCUT2D eigenvalue weighted by Crippen LogP contribution is 2.23. The molecule has 6 nitrogen and oxygen atoms in total. The van der Waals surface area contributed by atoms with Crippen molar-refractivity contribution >= 4 is 5.91 Å². The van der Waals surface area contributed by atoms with E-state index in [1.165, 1.54) is 0 Å². The zero-order valence-corrected chi connectivity index (χ0v) is 15.4. The Morgan fingerprint density at radius 1 is 1.15 bits per heavy atom. The lowest BCUT2D eigenvalue weighted by molar-refractivity contribution is 0.0942. The molecule has 1 aliphatic rings. The molecule has 0 bridgehead atoms. The second kappa shape index (κ2) is 7.72. The molecular formula is C21H23N5O. The molecule has 1 N–H and O–H groups in total. The summed E-state index contributed by atoms with van der Waals surface area (Å²) >= 11 is 0. The number of amides is 1. The minimum Gasteiger partial charge on any atom is -0.347 e. The van der Waals surface area contributed by atoms with Gasteiger partial charge in [0.1, 0.15) is 0 Å². The van der Waals surface area contributed by atoms with E-state index in [0.29, 0.717) is 18.8 Å². The van der Waals surface area contributed by atoms with Crippen molar-refractivity contribution in [3.8, 4) is 0 Å². The topological polar surface area (TPSA) is 63.1 Å². The average molecular weight is 361 g/mol. The SMILES string of the molecule is Cn1nc(C(=O)NCc2ccccc2)c2c1CCN(Cc1ccccn1)C2. The number of aryl methyl sites for hydroxylation is 1. The Labute approximate surface area is 158 Å². The van der Waals surface area contributed by atoms with Crippen LogP contribution >= 0.6 is 0 Å². The number of nitrogens with one attached hydrogen (secondary N) is 1. The third-order valence-corrected chi connectivity index (χ3v) is 4.94. The van der Waals surface area contributed by atoms with E-state index in [0.717, 1.165) is 42.0 Å². The monoisotopic (exact) mass is 361 g/mol. The van der Waals surface area contributed by atoms with Gasteiger partial charge in [-0.2, -0.15) is 5.10 Å². The van der Waals surface area contributed by atoms with Crippen LogP contribution in [0.3, 0.4) is 0 Å². The maximum atomic E-state index is 12.8. The van der Waals surface area contributed by atoms with Crippen LogP contribution in [0.15, 0.2) is 54.7 Å². The van der Waals surface area contributed by atoms with Crippen LogP contribution in [0.2, 0.25) is 0 Å². The fourth-order valence-electron chi connectivity index (χ4n) is 3.55. The highest BCUT2D eigenvalue weighted by atomic mass is 16.1. The Kier molecular flexibility index (Phi) is 4.98. The Morgan fingerprint density at radius 3 is 2.74 bits per heavy atom. The number of carbonyl (C=O) groups is 1. The number of carbonyl (C=O) groups excluding carboxylic acids is 1. The molecule has 0 radical (unpaired) electrons. The number of benzene rings is 1. The quantitative estimate of drug-likeness (QED) is 0.757. The van der Waals surface area contributed by atoms with Gasteiger partial charge >= 0.3 is 0 Å². The van der Waals surface area contributed by atoms with Crippen LogP contribution in [0.5, 0.6) is 0 Å². The summed E-state index contributed by atoms with van der Waals surface area (Å²) in [4.78, 5) is 19.5. The molecule has 0 aliphatic carbocycles. The van der Waals surface area contributed by atoms with Gasteiger partial charge in [0.15, 0.2) is 5.69 Å².